The number of amides is 2. The molecule has 9 nitrogen and oxygen atoms in total. The van der Waals surface area contributed by atoms with Gasteiger partial charge in [0.1, 0.15) is 0 Å². The maximum absolute atomic E-state index is 12.9. The van der Waals surface area contributed by atoms with E-state index in [1.807, 2.05) is 11.0 Å². The number of carbonyl (C=O) groups excluding carboxylic acids is 2. The van der Waals surface area contributed by atoms with Crippen LogP contribution in [0, 0.1) is 0 Å². The lowest BCUT2D eigenvalue weighted by molar-refractivity contribution is -0.136. The molecule has 0 radical (unpaired) electrons. The summed E-state index contributed by atoms with van der Waals surface area (Å²) in [7, 11) is -3.56. The van der Waals surface area contributed by atoms with Crippen LogP contribution in [-0.2, 0) is 26.2 Å². The summed E-state index contributed by atoms with van der Waals surface area (Å²) < 4.78 is 29.1. The Morgan fingerprint density at radius 2 is 1.78 bits per heavy atom. The van der Waals surface area contributed by atoms with Gasteiger partial charge in [0.15, 0.2) is 0 Å². The monoisotopic (exact) mass is 459 g/mol. The van der Waals surface area contributed by atoms with Gasteiger partial charge in [-0.2, -0.15) is 8.42 Å². The first-order valence-corrected chi connectivity index (χ1v) is 12.7. The van der Waals surface area contributed by atoms with Gasteiger partial charge in [0.05, 0.1) is 11.4 Å². The van der Waals surface area contributed by atoms with Crippen LogP contribution >= 0.6 is 0 Å². The zero-order valence-electron chi connectivity index (χ0n) is 18.0. The van der Waals surface area contributed by atoms with Gasteiger partial charge in [0, 0.05) is 51.7 Å². The van der Waals surface area contributed by atoms with Gasteiger partial charge >= 0.3 is 10.2 Å². The summed E-state index contributed by atoms with van der Waals surface area (Å²) in [6, 6.07) is 4.34. The first kappa shape index (κ1) is 21.3. The van der Waals surface area contributed by atoms with Crippen molar-refractivity contribution in [1.82, 2.24) is 14.7 Å². The molecule has 10 heteroatoms. The third kappa shape index (κ3) is 4.21. The smallest absolute Gasteiger partial charge is 0.321 e. The molecule has 4 aliphatic rings. The first-order chi connectivity index (χ1) is 15.3. The Labute approximate surface area is 188 Å². The number of piperazine rings is 1. The van der Waals surface area contributed by atoms with E-state index in [-0.39, 0.29) is 11.8 Å². The summed E-state index contributed by atoms with van der Waals surface area (Å²) >= 11 is 0. The largest absolute Gasteiger partial charge is 0.340 e. The van der Waals surface area contributed by atoms with E-state index >= 15 is 0 Å². The molecule has 1 aromatic carbocycles. The van der Waals surface area contributed by atoms with Crippen LogP contribution in [0.4, 0.5) is 11.4 Å². The molecule has 0 bridgehead atoms. The number of nitrogens with one attached hydrogen (secondary N) is 2. The Balaban J connectivity index is 1.15. The lowest BCUT2D eigenvalue weighted by Crippen LogP contribution is -2.64. The maximum Gasteiger partial charge on any atom is 0.321 e. The lowest BCUT2D eigenvalue weighted by Gasteiger charge is -2.47. The first-order valence-electron chi connectivity index (χ1n) is 11.2. The quantitative estimate of drug-likeness (QED) is 0.621. The fourth-order valence-electron chi connectivity index (χ4n) is 4.81. The molecule has 1 aromatic rings. The van der Waals surface area contributed by atoms with Gasteiger partial charge in [-0.3, -0.25) is 23.9 Å². The Morgan fingerprint density at radius 3 is 2.44 bits per heavy atom. The summed E-state index contributed by atoms with van der Waals surface area (Å²) in [4.78, 5) is 30.5. The molecular weight excluding hydrogens is 430 g/mol. The number of likely N-dealkylation sites (tertiary alicyclic amines) is 1. The summed E-state index contributed by atoms with van der Waals surface area (Å²) in [5.41, 5.74) is 3.20. The highest BCUT2D eigenvalue weighted by molar-refractivity contribution is 7.94. The molecule has 1 aliphatic carbocycles. The molecule has 32 heavy (non-hydrogen) atoms. The average molecular weight is 460 g/mol. The van der Waals surface area contributed by atoms with Gasteiger partial charge < -0.3 is 9.80 Å². The molecule has 2 saturated heterocycles. The van der Waals surface area contributed by atoms with Crippen LogP contribution in [-0.4, -0.2) is 80.2 Å². The number of aryl methyl sites for hydroxylation is 1. The number of fused-ring (bicyclic) bond motifs is 1. The van der Waals surface area contributed by atoms with E-state index in [9.17, 15) is 18.0 Å². The number of hydrogen-bond acceptors (Lipinski definition) is 5. The van der Waals surface area contributed by atoms with E-state index in [1.165, 1.54) is 6.08 Å². The summed E-state index contributed by atoms with van der Waals surface area (Å²) in [6.07, 6.45) is 4.47. The third-order valence-corrected chi connectivity index (χ3v) is 7.87. The number of carbonyl (C=O) groups is 2. The van der Waals surface area contributed by atoms with Crippen molar-refractivity contribution in [3.05, 3.63) is 35.9 Å². The molecule has 3 fully saturated rings. The molecule has 2 amide bonds. The second-order valence-corrected chi connectivity index (χ2v) is 10.5. The van der Waals surface area contributed by atoms with Gasteiger partial charge in [-0.05, 0) is 48.4 Å². The normalized spacial score (nSPS) is 22.5. The SMILES string of the molecule is C=CC(=O)N1CC(N2CCN(C(=O)CCc3cc(C4CC4)cc4c3NS(=O)(=O)N4)CC2)C1. The molecule has 0 aromatic heterocycles. The molecule has 1 saturated carbocycles. The number of nitrogens with zero attached hydrogens (tertiary/aromatic N) is 3. The van der Waals surface area contributed by atoms with Crippen LogP contribution in [0.15, 0.2) is 24.8 Å². The number of anilines is 2. The van der Waals surface area contributed by atoms with Crippen LogP contribution in [0.1, 0.15) is 36.3 Å². The van der Waals surface area contributed by atoms with Crippen molar-refractivity contribution >= 4 is 33.4 Å². The molecule has 3 aliphatic heterocycles. The summed E-state index contributed by atoms with van der Waals surface area (Å²) in [6.45, 7) is 7.96. The topological polar surface area (TPSA) is 102 Å². The summed E-state index contributed by atoms with van der Waals surface area (Å²) in [5.74, 6) is 0.572. The number of hydrogen-bond donors (Lipinski definition) is 2. The zero-order chi connectivity index (χ0) is 22.5. The Morgan fingerprint density at radius 1 is 1.06 bits per heavy atom. The number of benzene rings is 1. The van der Waals surface area contributed by atoms with E-state index < -0.39 is 10.2 Å². The molecule has 172 valence electrons. The van der Waals surface area contributed by atoms with Gasteiger partial charge in [-0.25, -0.2) is 0 Å². The minimum atomic E-state index is -3.56. The predicted octanol–water partition coefficient (Wildman–Crippen LogP) is 1.12. The molecule has 0 atom stereocenters. The zero-order valence-corrected chi connectivity index (χ0v) is 18.9. The molecule has 0 unspecified atom stereocenters. The highest BCUT2D eigenvalue weighted by Crippen LogP contribution is 2.45. The molecule has 2 N–H and O–H groups in total. The van der Waals surface area contributed by atoms with Crippen LogP contribution in [0.3, 0.4) is 0 Å². The van der Waals surface area contributed by atoms with Crippen LogP contribution < -0.4 is 9.44 Å². The van der Waals surface area contributed by atoms with E-state index in [0.29, 0.717) is 49.3 Å². The van der Waals surface area contributed by atoms with Crippen molar-refractivity contribution in [2.45, 2.75) is 37.6 Å². The van der Waals surface area contributed by atoms with Crippen molar-refractivity contribution in [3.63, 3.8) is 0 Å². The molecular formula is C22H29N5O4S. The molecule has 3 heterocycles. The third-order valence-electron chi connectivity index (χ3n) is 6.91. The van der Waals surface area contributed by atoms with Crippen LogP contribution in [0.5, 0.6) is 0 Å². The van der Waals surface area contributed by atoms with Crippen LogP contribution in [0.2, 0.25) is 0 Å². The van der Waals surface area contributed by atoms with Crippen LogP contribution in [0.25, 0.3) is 0 Å². The highest BCUT2D eigenvalue weighted by Gasteiger charge is 2.36. The van der Waals surface area contributed by atoms with Gasteiger partial charge in [-0.1, -0.05) is 12.6 Å². The minimum Gasteiger partial charge on any atom is -0.340 e. The summed E-state index contributed by atoms with van der Waals surface area (Å²) in [5, 5.41) is 0. The Kier molecular flexibility index (Phi) is 5.37. The average Bonchev–Trinajstić information content (AvgIpc) is 3.53. The van der Waals surface area contributed by atoms with Gasteiger partial charge in [-0.15, -0.1) is 0 Å². The van der Waals surface area contributed by atoms with E-state index in [0.717, 1.165) is 50.1 Å². The second kappa shape index (κ2) is 8.08. The Bertz CT molecular complexity index is 1050. The fourth-order valence-corrected chi connectivity index (χ4v) is 5.82. The Hall–Kier alpha value is -2.59. The minimum absolute atomic E-state index is 0.0233. The fraction of sp³-hybridized carbons (Fsp3) is 0.545. The highest BCUT2D eigenvalue weighted by atomic mass is 32.2. The van der Waals surface area contributed by atoms with E-state index in [4.69, 9.17) is 0 Å². The maximum atomic E-state index is 12.9. The van der Waals surface area contributed by atoms with Crippen molar-refractivity contribution < 1.29 is 18.0 Å². The second-order valence-electron chi connectivity index (χ2n) is 9.10. The van der Waals surface area contributed by atoms with Crippen molar-refractivity contribution in [2.24, 2.45) is 0 Å². The van der Waals surface area contributed by atoms with Crippen molar-refractivity contribution in [2.75, 3.05) is 48.7 Å². The van der Waals surface area contributed by atoms with E-state index in [2.05, 4.69) is 27.0 Å². The molecule has 0 spiro atoms. The standard InChI is InChI=1S/C22H29N5O4S/c1-2-20(28)27-13-18(14-27)25-7-9-26(10-8-25)21(29)6-5-16-11-17(15-3-4-15)12-19-22(16)24-32(30,31)23-19/h2,11-12,15,18,23-24H,1,3-10,13-14H2. The van der Waals surface area contributed by atoms with E-state index in [1.54, 1.807) is 4.90 Å². The van der Waals surface area contributed by atoms with Gasteiger partial charge in [0.2, 0.25) is 11.8 Å². The van der Waals surface area contributed by atoms with Gasteiger partial charge in [0.25, 0.3) is 0 Å². The molecule has 5 rings (SSSR count). The number of rotatable bonds is 6. The van der Waals surface area contributed by atoms with Crippen molar-refractivity contribution in [1.29, 1.82) is 0 Å². The predicted molar refractivity (Wildman–Crippen MR) is 122 cm³/mol. The lowest BCUT2D eigenvalue weighted by atomic mass is 10.00. The van der Waals surface area contributed by atoms with Crippen molar-refractivity contribution in [3.8, 4) is 0 Å².